The fourth-order valence-corrected chi connectivity index (χ4v) is 10.7. The molecular weight excluding hydrogens is 1090 g/mol. The summed E-state index contributed by atoms with van der Waals surface area (Å²) in [6, 6.07) is 0. The zero-order valence-corrected chi connectivity index (χ0v) is 57.4. The van der Waals surface area contributed by atoms with Crippen LogP contribution in [0.15, 0.2) is 109 Å². The van der Waals surface area contributed by atoms with E-state index in [9.17, 15) is 19.0 Å². The minimum atomic E-state index is -4.40. The van der Waals surface area contributed by atoms with E-state index in [1.165, 1.54) is 186 Å². The number of hydrogen-bond acceptors (Lipinski definition) is 7. The molecule has 0 amide bonds. The van der Waals surface area contributed by atoms with Gasteiger partial charge in [-0.05, 0) is 96.3 Å². The van der Waals surface area contributed by atoms with E-state index < -0.39 is 26.5 Å². The number of phosphoric acid groups is 1. The van der Waals surface area contributed by atoms with Crippen LogP contribution in [0.4, 0.5) is 0 Å². The molecule has 0 aliphatic carbocycles. The van der Waals surface area contributed by atoms with Crippen LogP contribution in [0.3, 0.4) is 0 Å². The van der Waals surface area contributed by atoms with E-state index in [4.69, 9.17) is 18.5 Å². The van der Waals surface area contributed by atoms with Crippen molar-refractivity contribution in [1.82, 2.24) is 0 Å². The molecule has 0 fully saturated rings. The van der Waals surface area contributed by atoms with E-state index in [1.807, 2.05) is 21.1 Å². The largest absolute Gasteiger partial charge is 0.472 e. The highest BCUT2D eigenvalue weighted by Gasteiger charge is 2.27. The van der Waals surface area contributed by atoms with Gasteiger partial charge in [-0.15, -0.1) is 0 Å². The maximum absolute atomic E-state index is 12.9. The number of likely N-dealkylation sites (N-methyl/N-ethyl adjacent to an activating group) is 1. The van der Waals surface area contributed by atoms with Crippen molar-refractivity contribution in [3.8, 4) is 0 Å². The van der Waals surface area contributed by atoms with Gasteiger partial charge in [0, 0.05) is 12.8 Å². The van der Waals surface area contributed by atoms with Crippen molar-refractivity contribution in [3.05, 3.63) is 109 Å². The van der Waals surface area contributed by atoms with Crippen LogP contribution < -0.4 is 0 Å². The second kappa shape index (κ2) is 66.1. The third kappa shape index (κ3) is 69.8. The Morgan fingerprint density at radius 2 is 0.628 bits per heavy atom. The van der Waals surface area contributed by atoms with Gasteiger partial charge in [-0.1, -0.05) is 309 Å². The van der Waals surface area contributed by atoms with Crippen LogP contribution >= 0.6 is 7.82 Å². The number of nitrogens with zero attached hydrogens (tertiary/aromatic N) is 1. The van der Waals surface area contributed by atoms with E-state index in [1.54, 1.807) is 0 Å². The highest BCUT2D eigenvalue weighted by Crippen LogP contribution is 2.43. The molecule has 0 aromatic rings. The van der Waals surface area contributed by atoms with Crippen LogP contribution in [0.2, 0.25) is 0 Å². The number of esters is 2. The molecule has 1 N–H and O–H groups in total. The molecule has 0 spiro atoms. The fourth-order valence-electron chi connectivity index (χ4n) is 9.92. The Morgan fingerprint density at radius 3 is 0.930 bits per heavy atom. The predicted molar refractivity (Wildman–Crippen MR) is 371 cm³/mol. The summed E-state index contributed by atoms with van der Waals surface area (Å²) in [6.07, 6.45) is 93.4. The summed E-state index contributed by atoms with van der Waals surface area (Å²) < 4.78 is 34.8. The molecule has 0 bridgehead atoms. The number of allylic oxidation sites excluding steroid dienone is 18. The highest BCUT2D eigenvalue weighted by atomic mass is 31.2. The van der Waals surface area contributed by atoms with E-state index >= 15 is 0 Å². The summed E-state index contributed by atoms with van der Waals surface area (Å²) in [7, 11) is 1.48. The average molecular weight is 1220 g/mol. The summed E-state index contributed by atoms with van der Waals surface area (Å²) in [6.45, 7) is 4.24. The molecule has 0 rings (SSSR count). The van der Waals surface area contributed by atoms with Crippen LogP contribution in [-0.4, -0.2) is 74.9 Å². The van der Waals surface area contributed by atoms with E-state index in [-0.39, 0.29) is 32.0 Å². The van der Waals surface area contributed by atoms with Gasteiger partial charge in [-0.2, -0.15) is 0 Å². The minimum Gasteiger partial charge on any atom is -0.462 e. The van der Waals surface area contributed by atoms with E-state index in [0.29, 0.717) is 17.4 Å². The van der Waals surface area contributed by atoms with E-state index in [0.717, 1.165) is 89.9 Å². The first kappa shape index (κ1) is 82.7. The summed E-state index contributed by atoms with van der Waals surface area (Å²) in [5.41, 5.74) is 0. The van der Waals surface area contributed by atoms with Gasteiger partial charge in [-0.3, -0.25) is 18.6 Å². The Morgan fingerprint density at radius 1 is 0.360 bits per heavy atom. The molecule has 86 heavy (non-hydrogen) atoms. The Hall–Kier alpha value is -3.33. The van der Waals surface area contributed by atoms with Crippen LogP contribution in [-0.2, 0) is 32.7 Å². The van der Waals surface area contributed by atoms with Gasteiger partial charge in [-0.25, -0.2) is 4.57 Å². The monoisotopic (exact) mass is 1220 g/mol. The minimum absolute atomic E-state index is 0.0296. The van der Waals surface area contributed by atoms with Crippen molar-refractivity contribution in [2.24, 2.45) is 0 Å². The Kier molecular flexibility index (Phi) is 63.5. The van der Waals surface area contributed by atoms with Crippen LogP contribution in [0.5, 0.6) is 0 Å². The summed E-state index contributed by atoms with van der Waals surface area (Å²) in [5, 5.41) is 0. The van der Waals surface area contributed by atoms with Crippen molar-refractivity contribution in [2.45, 2.75) is 315 Å². The lowest BCUT2D eigenvalue weighted by molar-refractivity contribution is -0.870. The number of carbonyl (C=O) groups excluding carboxylic acids is 2. The second-order valence-corrected chi connectivity index (χ2v) is 26.3. The third-order valence-corrected chi connectivity index (χ3v) is 16.3. The van der Waals surface area contributed by atoms with Gasteiger partial charge in [0.1, 0.15) is 19.8 Å². The lowest BCUT2D eigenvalue weighted by Crippen LogP contribution is -2.37. The standard InChI is InChI=1S/C76H134NO8P/c1-6-8-10-12-14-16-18-20-22-24-26-28-30-32-34-36-37-38-39-41-43-45-47-49-51-53-55-57-59-61-63-65-67-69-76(79)85-74(73-84-86(80,81)83-71-70-77(3,4)5)72-82-75(78)68-66-64-62-60-58-56-54-52-50-48-46-44-42-40-35-33-31-29-27-25-23-21-19-17-15-13-11-9-7-2/h8-11,14-17,20-23,26-29,32,34,74H,6-7,12-13,18-19,24-25,30-31,33,35-73H2,1-5H3/p+1/b10-8-,11-9-,16-14-,17-15-,22-20-,23-21-,28-26-,29-27-,34-32-. The smallest absolute Gasteiger partial charge is 0.462 e. The summed E-state index contributed by atoms with van der Waals surface area (Å²) in [5.74, 6) is -0.788. The van der Waals surface area contributed by atoms with Gasteiger partial charge >= 0.3 is 19.8 Å². The highest BCUT2D eigenvalue weighted by molar-refractivity contribution is 7.47. The SMILES string of the molecule is CC/C=C\C/C=C\C/C=C\C/C=C\C/C=C\CCCCCCCCCCCCCCCCCCCC(=O)OC(COC(=O)CCCCCCCCCCCCCCCCCC/C=C\C/C=C\C/C=C\C/C=C\CC)COP(=O)(O)OCC[N+](C)(C)C. The molecule has 2 unspecified atom stereocenters. The van der Waals surface area contributed by atoms with Crippen LogP contribution in [0.1, 0.15) is 309 Å². The zero-order valence-electron chi connectivity index (χ0n) is 56.5. The van der Waals surface area contributed by atoms with Gasteiger partial charge < -0.3 is 18.9 Å². The van der Waals surface area contributed by atoms with Crippen LogP contribution in [0, 0.1) is 0 Å². The molecule has 0 aromatic heterocycles. The van der Waals surface area contributed by atoms with Gasteiger partial charge in [0.15, 0.2) is 6.10 Å². The van der Waals surface area contributed by atoms with E-state index in [2.05, 4.69) is 123 Å². The molecule has 0 aromatic carbocycles. The van der Waals surface area contributed by atoms with Gasteiger partial charge in [0.2, 0.25) is 0 Å². The van der Waals surface area contributed by atoms with Crippen molar-refractivity contribution in [1.29, 1.82) is 0 Å². The number of rotatable bonds is 65. The summed E-state index contributed by atoms with van der Waals surface area (Å²) in [4.78, 5) is 35.9. The number of phosphoric ester groups is 1. The number of carbonyl (C=O) groups is 2. The molecule has 0 saturated heterocycles. The molecule has 0 saturated carbocycles. The molecule has 0 heterocycles. The number of hydrogen-bond donors (Lipinski definition) is 1. The summed E-state index contributed by atoms with van der Waals surface area (Å²) >= 11 is 0. The molecule has 0 aliphatic rings. The maximum Gasteiger partial charge on any atom is 0.472 e. The van der Waals surface area contributed by atoms with Gasteiger partial charge in [0.05, 0.1) is 27.7 Å². The molecule has 2 atom stereocenters. The predicted octanol–water partition coefficient (Wildman–Crippen LogP) is 23.3. The number of quaternary nitrogens is 1. The molecule has 0 radical (unpaired) electrons. The third-order valence-electron chi connectivity index (χ3n) is 15.3. The van der Waals surface area contributed by atoms with Crippen molar-refractivity contribution in [2.75, 3.05) is 47.5 Å². The van der Waals surface area contributed by atoms with Crippen molar-refractivity contribution in [3.63, 3.8) is 0 Å². The molecule has 0 aliphatic heterocycles. The Labute approximate surface area is 531 Å². The normalized spacial score (nSPS) is 13.8. The Balaban J connectivity index is 4.02. The molecule has 10 heteroatoms. The first-order chi connectivity index (χ1) is 42.0. The quantitative estimate of drug-likeness (QED) is 0.0211. The zero-order chi connectivity index (χ0) is 62.6. The molecule has 9 nitrogen and oxygen atoms in total. The second-order valence-electron chi connectivity index (χ2n) is 24.9. The van der Waals surface area contributed by atoms with Crippen molar-refractivity contribution < 1.29 is 42.1 Å². The lowest BCUT2D eigenvalue weighted by atomic mass is 10.0. The number of unbranched alkanes of at least 4 members (excludes halogenated alkanes) is 33. The van der Waals surface area contributed by atoms with Gasteiger partial charge in [0.25, 0.3) is 0 Å². The molecular formula is C76H135NO8P+. The van der Waals surface area contributed by atoms with Crippen LogP contribution in [0.25, 0.3) is 0 Å². The fraction of sp³-hybridized carbons (Fsp3) is 0.737. The first-order valence-electron chi connectivity index (χ1n) is 35.6. The average Bonchev–Trinajstić information content (AvgIpc) is 3.70. The lowest BCUT2D eigenvalue weighted by Gasteiger charge is -2.24. The first-order valence-corrected chi connectivity index (χ1v) is 37.1. The van der Waals surface area contributed by atoms with Crippen molar-refractivity contribution >= 4 is 19.8 Å². The topological polar surface area (TPSA) is 108 Å². The Bertz CT molecular complexity index is 1820. The number of ether oxygens (including phenoxy) is 2. The maximum atomic E-state index is 12.9. The molecule has 496 valence electrons.